The van der Waals surface area contributed by atoms with Crippen molar-refractivity contribution in [2.75, 3.05) is 13.1 Å². The van der Waals surface area contributed by atoms with Crippen LogP contribution in [-0.4, -0.2) is 37.0 Å². The summed E-state index contributed by atoms with van der Waals surface area (Å²) in [5.74, 6) is -0.344. The van der Waals surface area contributed by atoms with Gasteiger partial charge in [0.2, 0.25) is 10.0 Å². The van der Waals surface area contributed by atoms with E-state index in [0.717, 1.165) is 0 Å². The van der Waals surface area contributed by atoms with Gasteiger partial charge in [-0.25, -0.2) is 12.8 Å². The zero-order valence-electron chi connectivity index (χ0n) is 11.9. The number of rotatable bonds is 2. The molecule has 6 heteroatoms. The van der Waals surface area contributed by atoms with Gasteiger partial charge in [-0.2, -0.15) is 4.31 Å². The fourth-order valence-electron chi connectivity index (χ4n) is 2.67. The second-order valence-corrected chi connectivity index (χ2v) is 7.44. The first-order chi connectivity index (χ1) is 9.23. The third kappa shape index (κ3) is 2.73. The summed E-state index contributed by atoms with van der Waals surface area (Å²) >= 11 is 0. The molecule has 0 bridgehead atoms. The smallest absolute Gasteiger partial charge is 0.243 e. The summed E-state index contributed by atoms with van der Waals surface area (Å²) in [6.07, 6.45) is -0.0285. The number of halogens is 1. The van der Waals surface area contributed by atoms with Gasteiger partial charge in [0.1, 0.15) is 5.82 Å². The molecule has 2 unspecified atom stereocenters. The van der Waals surface area contributed by atoms with Gasteiger partial charge in [0.15, 0.2) is 0 Å². The number of aliphatic hydroxyl groups is 1. The number of benzene rings is 1. The summed E-state index contributed by atoms with van der Waals surface area (Å²) in [5.41, 5.74) is 0.797. The Morgan fingerprint density at radius 2 is 1.85 bits per heavy atom. The fraction of sp³-hybridized carbons (Fsp3) is 0.571. The highest BCUT2D eigenvalue weighted by molar-refractivity contribution is 7.89. The van der Waals surface area contributed by atoms with Gasteiger partial charge in [-0.1, -0.05) is 6.92 Å². The summed E-state index contributed by atoms with van der Waals surface area (Å²) in [5, 5.41) is 9.87. The Morgan fingerprint density at radius 1 is 1.30 bits per heavy atom. The normalized spacial score (nSPS) is 24.9. The average molecular weight is 301 g/mol. The number of β-amino-alcohol motifs (C(OH)–C–C–N with tert-alkyl or cyclic N) is 1. The van der Waals surface area contributed by atoms with Gasteiger partial charge in [0.05, 0.1) is 11.0 Å². The topological polar surface area (TPSA) is 57.6 Å². The lowest BCUT2D eigenvalue weighted by atomic mass is 9.98. The number of nitrogens with zero attached hydrogens (tertiary/aromatic N) is 1. The van der Waals surface area contributed by atoms with Crippen molar-refractivity contribution in [3.05, 3.63) is 29.1 Å². The number of piperidine rings is 1. The summed E-state index contributed by atoms with van der Waals surface area (Å²) < 4.78 is 40.0. The summed E-state index contributed by atoms with van der Waals surface area (Å²) in [4.78, 5) is 0.153. The summed E-state index contributed by atoms with van der Waals surface area (Å²) in [7, 11) is -3.69. The molecule has 1 aliphatic rings. The molecule has 1 aromatic carbocycles. The average Bonchev–Trinajstić information content (AvgIpc) is 2.30. The molecule has 0 radical (unpaired) electrons. The maximum atomic E-state index is 13.3. The molecule has 0 aliphatic carbocycles. The first kappa shape index (κ1) is 15.4. The Bertz CT molecular complexity index is 592. The van der Waals surface area contributed by atoms with Crippen LogP contribution in [0.3, 0.4) is 0 Å². The van der Waals surface area contributed by atoms with Gasteiger partial charge in [0.25, 0.3) is 0 Å². The van der Waals surface area contributed by atoms with Crippen molar-refractivity contribution in [1.82, 2.24) is 4.31 Å². The minimum absolute atomic E-state index is 0.0943. The molecule has 2 atom stereocenters. The van der Waals surface area contributed by atoms with Crippen molar-refractivity contribution < 1.29 is 17.9 Å². The fourth-order valence-corrected chi connectivity index (χ4v) is 4.56. The molecule has 1 aliphatic heterocycles. The number of hydrogen-bond acceptors (Lipinski definition) is 3. The quantitative estimate of drug-likeness (QED) is 0.906. The predicted octanol–water partition coefficient (Wildman–Crippen LogP) is 1.83. The van der Waals surface area contributed by atoms with Crippen LogP contribution in [0.25, 0.3) is 0 Å². The van der Waals surface area contributed by atoms with Crippen LogP contribution in [0.2, 0.25) is 0 Å². The number of aliphatic hydroxyl groups excluding tert-OH is 1. The molecular weight excluding hydrogens is 281 g/mol. The van der Waals surface area contributed by atoms with Crippen LogP contribution >= 0.6 is 0 Å². The SMILES string of the molecule is Cc1cc(F)cc(C)c1S(=O)(=O)N1CCC(C)C(O)C1. The van der Waals surface area contributed by atoms with Crippen LogP contribution in [0.15, 0.2) is 17.0 Å². The molecule has 1 N–H and O–H groups in total. The largest absolute Gasteiger partial charge is 0.391 e. The second kappa shape index (κ2) is 5.42. The van der Waals surface area contributed by atoms with Gasteiger partial charge in [-0.05, 0) is 49.4 Å². The number of hydrogen-bond donors (Lipinski definition) is 1. The Morgan fingerprint density at radius 3 is 2.35 bits per heavy atom. The Balaban J connectivity index is 2.41. The zero-order valence-corrected chi connectivity index (χ0v) is 12.7. The maximum Gasteiger partial charge on any atom is 0.243 e. The molecule has 0 saturated carbocycles. The molecule has 0 amide bonds. The van der Waals surface area contributed by atoms with Crippen molar-refractivity contribution in [3.8, 4) is 0 Å². The monoisotopic (exact) mass is 301 g/mol. The lowest BCUT2D eigenvalue weighted by molar-refractivity contribution is 0.0605. The molecular formula is C14H20FNO3S. The highest BCUT2D eigenvalue weighted by Gasteiger charge is 2.34. The van der Waals surface area contributed by atoms with Gasteiger partial charge >= 0.3 is 0 Å². The van der Waals surface area contributed by atoms with E-state index < -0.39 is 21.9 Å². The van der Waals surface area contributed by atoms with E-state index >= 15 is 0 Å². The van der Waals surface area contributed by atoms with Crippen molar-refractivity contribution in [3.63, 3.8) is 0 Å². The van der Waals surface area contributed by atoms with E-state index in [0.29, 0.717) is 24.1 Å². The first-order valence-electron chi connectivity index (χ1n) is 6.68. The van der Waals surface area contributed by atoms with Crippen molar-refractivity contribution in [2.24, 2.45) is 5.92 Å². The summed E-state index contributed by atoms with van der Waals surface area (Å²) in [6, 6.07) is 2.45. The highest BCUT2D eigenvalue weighted by atomic mass is 32.2. The van der Waals surface area contributed by atoms with E-state index in [1.807, 2.05) is 6.92 Å². The van der Waals surface area contributed by atoms with E-state index in [2.05, 4.69) is 0 Å². The Labute approximate surface area is 119 Å². The molecule has 0 spiro atoms. The molecule has 20 heavy (non-hydrogen) atoms. The summed E-state index contributed by atoms with van der Waals surface area (Å²) in [6.45, 7) is 5.57. The van der Waals surface area contributed by atoms with E-state index in [-0.39, 0.29) is 17.4 Å². The highest BCUT2D eigenvalue weighted by Crippen LogP contribution is 2.28. The minimum Gasteiger partial charge on any atom is -0.391 e. The predicted molar refractivity (Wildman–Crippen MR) is 74.4 cm³/mol. The molecule has 112 valence electrons. The second-order valence-electron chi connectivity index (χ2n) is 5.57. The molecule has 4 nitrogen and oxygen atoms in total. The van der Waals surface area contributed by atoms with Gasteiger partial charge in [-0.15, -0.1) is 0 Å². The van der Waals surface area contributed by atoms with Crippen LogP contribution < -0.4 is 0 Å². The molecule has 1 heterocycles. The van der Waals surface area contributed by atoms with Crippen molar-refractivity contribution >= 4 is 10.0 Å². The number of sulfonamides is 1. The third-order valence-electron chi connectivity index (χ3n) is 3.90. The van der Waals surface area contributed by atoms with E-state index in [1.54, 1.807) is 13.8 Å². The lowest BCUT2D eigenvalue weighted by Crippen LogP contribution is -2.46. The molecule has 0 aromatic heterocycles. The maximum absolute atomic E-state index is 13.3. The first-order valence-corrected chi connectivity index (χ1v) is 8.12. The standard InChI is InChI=1S/C14H20FNO3S/c1-9-4-5-16(8-13(9)17)20(18,19)14-10(2)6-12(15)7-11(14)3/h6-7,9,13,17H,4-5,8H2,1-3H3. The van der Waals surface area contributed by atoms with E-state index in [9.17, 15) is 17.9 Å². The molecule has 1 saturated heterocycles. The molecule has 1 aromatic rings. The van der Waals surface area contributed by atoms with Crippen molar-refractivity contribution in [2.45, 2.75) is 38.2 Å². The van der Waals surface area contributed by atoms with Gasteiger partial charge < -0.3 is 5.11 Å². The molecule has 2 rings (SSSR count). The third-order valence-corrected chi connectivity index (χ3v) is 6.08. The number of aryl methyl sites for hydroxylation is 2. The van der Waals surface area contributed by atoms with Crippen LogP contribution in [0.5, 0.6) is 0 Å². The minimum atomic E-state index is -3.69. The zero-order chi connectivity index (χ0) is 15.1. The molecule has 1 fully saturated rings. The van der Waals surface area contributed by atoms with Gasteiger partial charge in [-0.3, -0.25) is 0 Å². The van der Waals surface area contributed by atoms with Crippen LogP contribution in [0, 0.1) is 25.6 Å². The van der Waals surface area contributed by atoms with Gasteiger partial charge in [0, 0.05) is 13.1 Å². The van der Waals surface area contributed by atoms with Crippen LogP contribution in [0.4, 0.5) is 4.39 Å². The van der Waals surface area contributed by atoms with E-state index in [1.165, 1.54) is 16.4 Å². The Kier molecular flexibility index (Phi) is 4.18. The van der Waals surface area contributed by atoms with E-state index in [4.69, 9.17) is 0 Å². The van der Waals surface area contributed by atoms with Crippen LogP contribution in [-0.2, 0) is 10.0 Å². The Hall–Kier alpha value is -0.980. The lowest BCUT2D eigenvalue weighted by Gasteiger charge is -2.34. The van der Waals surface area contributed by atoms with Crippen molar-refractivity contribution in [1.29, 1.82) is 0 Å². The van der Waals surface area contributed by atoms with Crippen LogP contribution in [0.1, 0.15) is 24.5 Å².